The van der Waals surface area contributed by atoms with Crippen LogP contribution in [0.1, 0.15) is 43.1 Å². The average Bonchev–Trinajstić information content (AvgIpc) is 2.40. The van der Waals surface area contributed by atoms with Crippen LogP contribution >= 0.6 is 11.8 Å². The van der Waals surface area contributed by atoms with Crippen molar-refractivity contribution >= 4 is 11.8 Å². The average molecular weight is 283 g/mol. The Morgan fingerprint density at radius 2 is 1.79 bits per heavy atom. The summed E-state index contributed by atoms with van der Waals surface area (Å²) in [6.07, 6.45) is 2.35. The van der Waals surface area contributed by atoms with E-state index in [0.717, 1.165) is 40.7 Å². The summed E-state index contributed by atoms with van der Waals surface area (Å²) >= 11 is 1.64. The largest absolute Gasteiger partial charge is 0.389 e. The lowest BCUT2D eigenvalue weighted by atomic mass is 9.95. The predicted octanol–water partition coefficient (Wildman–Crippen LogP) is 2.37. The molecule has 1 unspecified atom stereocenters. The fourth-order valence-corrected chi connectivity index (χ4v) is 2.67. The van der Waals surface area contributed by atoms with Crippen LogP contribution in [0, 0.1) is 20.8 Å². The lowest BCUT2D eigenvalue weighted by Crippen LogP contribution is -2.36. The van der Waals surface area contributed by atoms with E-state index in [1.165, 1.54) is 0 Å². The molecule has 0 bridgehead atoms. The lowest BCUT2D eigenvalue weighted by molar-refractivity contribution is 0.0360. The van der Waals surface area contributed by atoms with Crippen molar-refractivity contribution in [2.45, 2.75) is 57.7 Å². The Kier molecular flexibility index (Phi) is 6.23. The normalized spacial score (nSPS) is 14.4. The topological polar surface area (TPSA) is 72.0 Å². The van der Waals surface area contributed by atoms with Crippen LogP contribution in [0.3, 0.4) is 0 Å². The molecule has 5 heteroatoms. The first-order valence-electron chi connectivity index (χ1n) is 6.79. The molecule has 0 spiro atoms. The van der Waals surface area contributed by atoms with Gasteiger partial charge in [0, 0.05) is 23.7 Å². The first-order valence-corrected chi connectivity index (χ1v) is 7.77. The zero-order valence-electron chi connectivity index (χ0n) is 12.4. The van der Waals surface area contributed by atoms with Gasteiger partial charge in [0.25, 0.3) is 0 Å². The van der Waals surface area contributed by atoms with Crippen molar-refractivity contribution in [2.75, 3.05) is 12.3 Å². The number of rotatable bonds is 7. The molecule has 3 N–H and O–H groups in total. The van der Waals surface area contributed by atoms with Crippen molar-refractivity contribution in [1.29, 1.82) is 0 Å². The van der Waals surface area contributed by atoms with Crippen molar-refractivity contribution in [3.63, 3.8) is 0 Å². The number of hydrogen-bond donors (Lipinski definition) is 2. The van der Waals surface area contributed by atoms with Crippen LogP contribution in [-0.4, -0.2) is 33.0 Å². The number of nitrogens with two attached hydrogens (primary N) is 1. The van der Waals surface area contributed by atoms with Crippen molar-refractivity contribution < 1.29 is 5.11 Å². The third-order valence-electron chi connectivity index (χ3n) is 3.67. The van der Waals surface area contributed by atoms with E-state index in [0.29, 0.717) is 13.0 Å². The summed E-state index contributed by atoms with van der Waals surface area (Å²) < 4.78 is 0. The quantitative estimate of drug-likeness (QED) is 0.456. The van der Waals surface area contributed by atoms with Crippen molar-refractivity contribution in [2.24, 2.45) is 5.73 Å². The molecule has 0 aromatic carbocycles. The Labute approximate surface area is 120 Å². The molecule has 0 saturated carbocycles. The van der Waals surface area contributed by atoms with E-state index in [2.05, 4.69) is 9.97 Å². The molecule has 0 amide bonds. The summed E-state index contributed by atoms with van der Waals surface area (Å²) in [4.78, 5) is 8.95. The molecule has 0 aliphatic carbocycles. The predicted molar refractivity (Wildman–Crippen MR) is 80.5 cm³/mol. The van der Waals surface area contributed by atoms with Gasteiger partial charge in [-0.3, -0.25) is 0 Å². The highest BCUT2D eigenvalue weighted by Gasteiger charge is 2.21. The van der Waals surface area contributed by atoms with Gasteiger partial charge in [-0.25, -0.2) is 9.97 Å². The van der Waals surface area contributed by atoms with Gasteiger partial charge < -0.3 is 10.8 Å². The highest BCUT2D eigenvalue weighted by atomic mass is 32.2. The summed E-state index contributed by atoms with van der Waals surface area (Å²) in [7, 11) is 0. The van der Waals surface area contributed by atoms with Crippen molar-refractivity contribution in [3.8, 4) is 0 Å². The number of aliphatic hydroxyl groups is 1. The minimum Gasteiger partial charge on any atom is -0.389 e. The highest BCUT2D eigenvalue weighted by molar-refractivity contribution is 7.99. The third-order valence-corrected chi connectivity index (χ3v) is 4.60. The zero-order valence-corrected chi connectivity index (χ0v) is 13.2. The standard InChI is InChI=1S/C14H25N3OS/c1-5-14(18,9-15)7-6-8-19-13-16-11(3)10(2)12(4)17-13/h18H,5-9,15H2,1-4H3. The number of aromatic nitrogens is 2. The number of thioether (sulfide) groups is 1. The van der Waals surface area contributed by atoms with Crippen molar-refractivity contribution in [3.05, 3.63) is 17.0 Å². The van der Waals surface area contributed by atoms with Gasteiger partial charge in [0.1, 0.15) is 0 Å². The number of nitrogens with zero attached hydrogens (tertiary/aromatic N) is 2. The maximum absolute atomic E-state index is 10.1. The van der Waals surface area contributed by atoms with Crippen LogP contribution in [-0.2, 0) is 0 Å². The Bertz CT molecular complexity index is 396. The van der Waals surface area contributed by atoms with Crippen LogP contribution in [0.2, 0.25) is 0 Å². The molecule has 108 valence electrons. The van der Waals surface area contributed by atoms with Crippen LogP contribution < -0.4 is 5.73 Å². The maximum Gasteiger partial charge on any atom is 0.187 e. The monoisotopic (exact) mass is 283 g/mol. The van der Waals surface area contributed by atoms with Gasteiger partial charge in [-0.05, 0) is 45.6 Å². The third kappa shape index (κ3) is 4.75. The zero-order chi connectivity index (χ0) is 14.5. The van der Waals surface area contributed by atoms with E-state index in [4.69, 9.17) is 5.73 Å². The fraction of sp³-hybridized carbons (Fsp3) is 0.714. The van der Waals surface area contributed by atoms with E-state index >= 15 is 0 Å². The van der Waals surface area contributed by atoms with Crippen LogP contribution in [0.15, 0.2) is 5.16 Å². The minimum atomic E-state index is -0.708. The molecule has 0 saturated heterocycles. The van der Waals surface area contributed by atoms with E-state index in [1.54, 1.807) is 11.8 Å². The van der Waals surface area contributed by atoms with Crippen LogP contribution in [0.25, 0.3) is 0 Å². The van der Waals surface area contributed by atoms with Gasteiger partial charge in [0.15, 0.2) is 5.16 Å². The molecule has 0 fully saturated rings. The second-order valence-electron chi connectivity index (χ2n) is 5.04. The Morgan fingerprint density at radius 1 is 1.21 bits per heavy atom. The second-order valence-corrected chi connectivity index (χ2v) is 6.10. The molecule has 1 atom stereocenters. The first kappa shape index (κ1) is 16.4. The summed E-state index contributed by atoms with van der Waals surface area (Å²) in [5.41, 5.74) is 8.13. The van der Waals surface area contributed by atoms with E-state index in [9.17, 15) is 5.11 Å². The maximum atomic E-state index is 10.1. The van der Waals surface area contributed by atoms with Gasteiger partial charge in [0.05, 0.1) is 5.60 Å². The Balaban J connectivity index is 2.46. The van der Waals surface area contributed by atoms with Crippen molar-refractivity contribution in [1.82, 2.24) is 9.97 Å². The summed E-state index contributed by atoms with van der Waals surface area (Å²) in [6, 6.07) is 0. The summed E-state index contributed by atoms with van der Waals surface area (Å²) in [5, 5.41) is 10.9. The molecule has 1 heterocycles. The van der Waals surface area contributed by atoms with Gasteiger partial charge in [-0.2, -0.15) is 0 Å². The van der Waals surface area contributed by atoms with Crippen LogP contribution in [0.5, 0.6) is 0 Å². The lowest BCUT2D eigenvalue weighted by Gasteiger charge is -2.24. The molecular formula is C14H25N3OS. The highest BCUT2D eigenvalue weighted by Crippen LogP contribution is 2.21. The molecule has 19 heavy (non-hydrogen) atoms. The molecule has 1 aromatic heterocycles. The Hall–Kier alpha value is -0.650. The van der Waals surface area contributed by atoms with Gasteiger partial charge in [-0.15, -0.1) is 0 Å². The molecule has 1 rings (SSSR count). The summed E-state index contributed by atoms with van der Waals surface area (Å²) in [6.45, 7) is 8.36. The molecule has 0 radical (unpaired) electrons. The van der Waals surface area contributed by atoms with E-state index in [-0.39, 0.29) is 0 Å². The SMILES string of the molecule is CCC(O)(CN)CCCSc1nc(C)c(C)c(C)n1. The second kappa shape index (κ2) is 7.22. The number of hydrogen-bond acceptors (Lipinski definition) is 5. The molecule has 0 aliphatic heterocycles. The van der Waals surface area contributed by atoms with E-state index in [1.807, 2.05) is 27.7 Å². The molecule has 0 aliphatic rings. The molecular weight excluding hydrogens is 258 g/mol. The smallest absolute Gasteiger partial charge is 0.187 e. The summed E-state index contributed by atoms with van der Waals surface area (Å²) in [5.74, 6) is 0.907. The van der Waals surface area contributed by atoms with Crippen LogP contribution in [0.4, 0.5) is 0 Å². The Morgan fingerprint density at radius 3 is 2.26 bits per heavy atom. The molecule has 4 nitrogen and oxygen atoms in total. The minimum absolute atomic E-state index is 0.327. The number of aryl methyl sites for hydroxylation is 2. The van der Waals surface area contributed by atoms with Gasteiger partial charge in [0.2, 0.25) is 0 Å². The first-order chi connectivity index (χ1) is 8.91. The fourth-order valence-electron chi connectivity index (χ4n) is 1.79. The van der Waals surface area contributed by atoms with Gasteiger partial charge >= 0.3 is 0 Å². The van der Waals surface area contributed by atoms with Gasteiger partial charge in [-0.1, -0.05) is 18.7 Å². The molecule has 1 aromatic rings. The van der Waals surface area contributed by atoms with E-state index < -0.39 is 5.60 Å².